The number of aromatic carboxylic acids is 1. The molecule has 8 heteroatoms. The average Bonchev–Trinajstić information content (AvgIpc) is 3.04. The number of ether oxygens (including phenoxy) is 1. The molecular weight excluding hydrogens is 404 g/mol. The molecule has 0 bridgehead atoms. The molecule has 0 spiro atoms. The number of pyridine rings is 1. The Morgan fingerprint density at radius 2 is 2.00 bits per heavy atom. The van der Waals surface area contributed by atoms with Crippen LogP contribution in [0.15, 0.2) is 36.4 Å². The number of hydrogen-bond acceptors (Lipinski definition) is 5. The van der Waals surface area contributed by atoms with Gasteiger partial charge < -0.3 is 20.6 Å². The van der Waals surface area contributed by atoms with Crippen LogP contribution in [0.5, 0.6) is 5.75 Å². The van der Waals surface area contributed by atoms with Gasteiger partial charge in [-0.05, 0) is 37.3 Å². The van der Waals surface area contributed by atoms with E-state index in [-0.39, 0.29) is 48.5 Å². The molecule has 2 saturated carbocycles. The van der Waals surface area contributed by atoms with Crippen LogP contribution >= 0.6 is 0 Å². The third-order valence-corrected chi connectivity index (χ3v) is 6.00. The molecule has 1 heterocycles. The van der Waals surface area contributed by atoms with Gasteiger partial charge in [-0.1, -0.05) is 24.6 Å². The van der Waals surface area contributed by atoms with Crippen LogP contribution in [0.1, 0.15) is 54.6 Å². The quantitative estimate of drug-likeness (QED) is 0.481. The third kappa shape index (κ3) is 4.84. The Morgan fingerprint density at radius 1 is 1.26 bits per heavy atom. The third-order valence-electron chi connectivity index (χ3n) is 6.00. The number of para-hydroxylation sites is 1. The lowest BCUT2D eigenvalue weighted by molar-refractivity contribution is 0.00291. The number of nitrogens with one attached hydrogen (secondary N) is 2. The SMILES string of the molecule is N=C(c1c(OCC2CCC(F)(F)C2)cc(C(=O)O)nc1Nc1ccccc1)C1CCC1. The van der Waals surface area contributed by atoms with Crippen LogP contribution in [0.3, 0.4) is 0 Å². The number of alkyl halides is 2. The molecular formula is C23H25F2N3O3. The minimum Gasteiger partial charge on any atom is -0.492 e. The van der Waals surface area contributed by atoms with E-state index in [0.717, 1.165) is 19.3 Å². The van der Waals surface area contributed by atoms with E-state index < -0.39 is 11.9 Å². The van der Waals surface area contributed by atoms with E-state index in [1.54, 1.807) is 0 Å². The van der Waals surface area contributed by atoms with Crippen LogP contribution < -0.4 is 10.1 Å². The van der Waals surface area contributed by atoms with E-state index in [1.165, 1.54) is 6.07 Å². The number of carboxylic acid groups (broad SMARTS) is 1. The highest BCUT2D eigenvalue weighted by Crippen LogP contribution is 2.40. The number of benzene rings is 1. The number of nitrogens with zero attached hydrogens (tertiary/aromatic N) is 1. The standard InChI is InChI=1S/C23H25F2N3O3/c24-23(25)10-9-14(12-23)13-31-18-11-17(22(29)30)28-21(27-16-7-2-1-3-8-16)19(18)20(26)15-5-4-6-15/h1-3,7-8,11,14-15,26H,4-6,9-10,12-13H2,(H,27,28)(H,29,30). The molecule has 2 aromatic rings. The number of carboxylic acids is 1. The minimum atomic E-state index is -2.68. The Hall–Kier alpha value is -3.03. The molecule has 2 aliphatic rings. The van der Waals surface area contributed by atoms with Gasteiger partial charge in [0.1, 0.15) is 11.6 Å². The molecule has 4 rings (SSSR count). The van der Waals surface area contributed by atoms with Gasteiger partial charge in [0.05, 0.1) is 12.2 Å². The van der Waals surface area contributed by atoms with Gasteiger partial charge in [-0.15, -0.1) is 0 Å². The van der Waals surface area contributed by atoms with Gasteiger partial charge in [0.2, 0.25) is 5.92 Å². The Bertz CT molecular complexity index is 978. The number of aromatic nitrogens is 1. The van der Waals surface area contributed by atoms with Gasteiger partial charge in [-0.3, -0.25) is 0 Å². The normalized spacial score (nSPS) is 20.1. The van der Waals surface area contributed by atoms with Crippen LogP contribution in [-0.2, 0) is 0 Å². The highest BCUT2D eigenvalue weighted by molar-refractivity contribution is 6.07. The molecule has 0 aliphatic heterocycles. The summed E-state index contributed by atoms with van der Waals surface area (Å²) >= 11 is 0. The van der Waals surface area contributed by atoms with Crippen LogP contribution in [-0.4, -0.2) is 34.3 Å². The molecule has 31 heavy (non-hydrogen) atoms. The summed E-state index contributed by atoms with van der Waals surface area (Å²) in [4.78, 5) is 15.9. The molecule has 1 aromatic heterocycles. The average molecular weight is 429 g/mol. The smallest absolute Gasteiger partial charge is 0.354 e. The zero-order valence-corrected chi connectivity index (χ0v) is 17.0. The maximum atomic E-state index is 13.6. The monoisotopic (exact) mass is 429 g/mol. The summed E-state index contributed by atoms with van der Waals surface area (Å²) in [5.74, 6) is -3.73. The van der Waals surface area contributed by atoms with Gasteiger partial charge in [-0.25, -0.2) is 18.6 Å². The molecule has 6 nitrogen and oxygen atoms in total. The van der Waals surface area contributed by atoms with Crippen molar-refractivity contribution in [2.45, 2.75) is 44.4 Å². The highest BCUT2D eigenvalue weighted by Gasteiger charge is 2.40. The largest absolute Gasteiger partial charge is 0.492 e. The second kappa shape index (κ2) is 8.61. The first-order chi connectivity index (χ1) is 14.8. The Morgan fingerprint density at radius 3 is 2.58 bits per heavy atom. The molecule has 1 aromatic carbocycles. The van der Waals surface area contributed by atoms with Gasteiger partial charge >= 0.3 is 5.97 Å². The topological polar surface area (TPSA) is 95.3 Å². The number of anilines is 2. The van der Waals surface area contributed by atoms with Crippen molar-refractivity contribution in [2.75, 3.05) is 11.9 Å². The van der Waals surface area contributed by atoms with Gasteiger partial charge in [0.25, 0.3) is 0 Å². The fourth-order valence-electron chi connectivity index (χ4n) is 4.05. The molecule has 2 fully saturated rings. The van der Waals surface area contributed by atoms with Crippen molar-refractivity contribution in [3.63, 3.8) is 0 Å². The fourth-order valence-corrected chi connectivity index (χ4v) is 4.05. The molecule has 0 radical (unpaired) electrons. The lowest BCUT2D eigenvalue weighted by Gasteiger charge is -2.28. The second-order valence-corrected chi connectivity index (χ2v) is 8.34. The van der Waals surface area contributed by atoms with Crippen LogP contribution in [0.25, 0.3) is 0 Å². The van der Waals surface area contributed by atoms with Crippen molar-refractivity contribution in [1.82, 2.24) is 4.98 Å². The van der Waals surface area contributed by atoms with E-state index in [4.69, 9.17) is 10.1 Å². The maximum Gasteiger partial charge on any atom is 0.354 e. The molecule has 0 saturated heterocycles. The zero-order valence-electron chi connectivity index (χ0n) is 17.0. The summed E-state index contributed by atoms with van der Waals surface area (Å²) in [6.45, 7) is 0.0500. The summed E-state index contributed by atoms with van der Waals surface area (Å²) in [6.07, 6.45) is 2.73. The molecule has 1 unspecified atom stereocenters. The minimum absolute atomic E-state index is 0.0481. The Balaban J connectivity index is 1.69. The Kier molecular flexibility index (Phi) is 5.89. The first kappa shape index (κ1) is 21.2. The van der Waals surface area contributed by atoms with Gasteiger partial charge in [-0.2, -0.15) is 0 Å². The number of halogens is 2. The summed E-state index contributed by atoms with van der Waals surface area (Å²) in [7, 11) is 0. The second-order valence-electron chi connectivity index (χ2n) is 8.34. The summed E-state index contributed by atoms with van der Waals surface area (Å²) in [5.41, 5.74) is 1.21. The lowest BCUT2D eigenvalue weighted by atomic mass is 9.79. The van der Waals surface area contributed by atoms with Crippen molar-refractivity contribution < 1.29 is 23.4 Å². The van der Waals surface area contributed by atoms with Crippen LogP contribution in [0.2, 0.25) is 0 Å². The van der Waals surface area contributed by atoms with E-state index in [2.05, 4.69) is 10.3 Å². The summed E-state index contributed by atoms with van der Waals surface area (Å²) < 4.78 is 33.1. The Labute approximate surface area is 179 Å². The lowest BCUT2D eigenvalue weighted by Crippen LogP contribution is -2.25. The van der Waals surface area contributed by atoms with Crippen molar-refractivity contribution in [2.24, 2.45) is 11.8 Å². The van der Waals surface area contributed by atoms with E-state index in [9.17, 15) is 18.7 Å². The predicted octanol–water partition coefficient (Wildman–Crippen LogP) is 5.51. The first-order valence-corrected chi connectivity index (χ1v) is 10.5. The van der Waals surface area contributed by atoms with E-state index in [0.29, 0.717) is 23.4 Å². The van der Waals surface area contributed by atoms with Crippen LogP contribution in [0, 0.1) is 17.2 Å². The molecule has 2 aliphatic carbocycles. The summed E-state index contributed by atoms with van der Waals surface area (Å²) in [6, 6.07) is 10.4. The first-order valence-electron chi connectivity index (χ1n) is 10.5. The molecule has 3 N–H and O–H groups in total. The predicted molar refractivity (Wildman–Crippen MR) is 113 cm³/mol. The van der Waals surface area contributed by atoms with Crippen molar-refractivity contribution in [1.29, 1.82) is 5.41 Å². The van der Waals surface area contributed by atoms with E-state index >= 15 is 0 Å². The zero-order chi connectivity index (χ0) is 22.0. The van der Waals surface area contributed by atoms with Crippen molar-refractivity contribution in [3.05, 3.63) is 47.7 Å². The number of hydrogen-bond donors (Lipinski definition) is 3. The van der Waals surface area contributed by atoms with Gasteiger partial charge in [0, 0.05) is 36.2 Å². The van der Waals surface area contributed by atoms with E-state index in [1.807, 2.05) is 30.3 Å². The number of rotatable bonds is 8. The van der Waals surface area contributed by atoms with Gasteiger partial charge in [0.15, 0.2) is 5.69 Å². The highest BCUT2D eigenvalue weighted by atomic mass is 19.3. The number of carbonyl (C=O) groups is 1. The molecule has 0 amide bonds. The van der Waals surface area contributed by atoms with Crippen LogP contribution in [0.4, 0.5) is 20.3 Å². The fraction of sp³-hybridized carbons (Fsp3) is 0.435. The molecule has 1 atom stereocenters. The molecule has 164 valence electrons. The van der Waals surface area contributed by atoms with Crippen molar-refractivity contribution in [3.8, 4) is 5.75 Å². The van der Waals surface area contributed by atoms with Crippen molar-refractivity contribution >= 4 is 23.2 Å². The maximum absolute atomic E-state index is 13.6. The summed E-state index contributed by atoms with van der Waals surface area (Å²) in [5, 5.41) is 21.4.